The number of nitrogens with one attached hydrogen (secondary N) is 1. The third-order valence-corrected chi connectivity index (χ3v) is 2.44. The molecule has 1 aromatic rings. The fourth-order valence-electron chi connectivity index (χ4n) is 0.721. The quantitative estimate of drug-likeness (QED) is 0.290. The number of aliphatic hydroxyl groups excluding tert-OH is 2. The highest BCUT2D eigenvalue weighted by molar-refractivity contribution is 7.99. The zero-order valence-electron chi connectivity index (χ0n) is 7.42. The smallest absolute Gasteiger partial charge is 0.159 e. The molecule has 1 unspecified atom stereocenters. The Hall–Kier alpha value is -0.890. The Bertz CT molecular complexity index is 286. The van der Waals surface area contributed by atoms with Crippen LogP contribution in [0.15, 0.2) is 17.4 Å². The Morgan fingerprint density at radius 2 is 2.36 bits per heavy atom. The monoisotopic (exact) mass is 216 g/mol. The van der Waals surface area contributed by atoms with Crippen molar-refractivity contribution < 1.29 is 10.2 Å². The maximum absolute atomic E-state index is 9.09. The van der Waals surface area contributed by atoms with Crippen LogP contribution in [0.5, 0.6) is 0 Å². The summed E-state index contributed by atoms with van der Waals surface area (Å²) >= 11 is 1.30. The summed E-state index contributed by atoms with van der Waals surface area (Å²) in [5, 5.41) is 18.3. The van der Waals surface area contributed by atoms with E-state index in [0.717, 1.165) is 0 Å². The summed E-state index contributed by atoms with van der Waals surface area (Å²) in [6.07, 6.45) is 2.32. The molecule has 1 aromatic heterocycles. The number of aliphatic hydroxyl groups is 2. The molecule has 0 aliphatic carbocycles. The van der Waals surface area contributed by atoms with Gasteiger partial charge in [-0.15, -0.1) is 11.8 Å². The standard InChI is InChI=1S/C7H12N4O2S/c8-11-6-1-9-2-7(10-6)14-4-5(13)3-12/h1-2,5,12-13H,3-4,8H2,(H,10,11). The molecule has 0 fully saturated rings. The first-order chi connectivity index (χ1) is 6.76. The van der Waals surface area contributed by atoms with Crippen LogP contribution in [0.25, 0.3) is 0 Å². The van der Waals surface area contributed by atoms with Crippen LogP contribution in [-0.2, 0) is 0 Å². The topological polar surface area (TPSA) is 104 Å². The lowest BCUT2D eigenvalue weighted by Crippen LogP contribution is -2.15. The number of nitrogens with two attached hydrogens (primary N) is 1. The number of nitrogen functional groups attached to an aromatic ring is 1. The number of nitrogens with zero attached hydrogens (tertiary/aromatic N) is 2. The van der Waals surface area contributed by atoms with Crippen LogP contribution in [0.3, 0.4) is 0 Å². The van der Waals surface area contributed by atoms with Gasteiger partial charge in [0.25, 0.3) is 0 Å². The Labute approximate surface area is 85.5 Å². The van der Waals surface area contributed by atoms with Crippen LogP contribution in [0.4, 0.5) is 5.82 Å². The maximum Gasteiger partial charge on any atom is 0.159 e. The third kappa shape index (κ3) is 3.46. The summed E-state index contributed by atoms with van der Waals surface area (Å²) in [4.78, 5) is 7.96. The molecule has 5 N–H and O–H groups in total. The number of anilines is 1. The van der Waals surface area contributed by atoms with E-state index >= 15 is 0 Å². The second kappa shape index (κ2) is 5.76. The van der Waals surface area contributed by atoms with Gasteiger partial charge in [0.1, 0.15) is 5.03 Å². The molecule has 1 heterocycles. The number of aromatic nitrogens is 2. The first-order valence-corrected chi connectivity index (χ1v) is 4.95. The maximum atomic E-state index is 9.09. The van der Waals surface area contributed by atoms with Crippen molar-refractivity contribution in [1.29, 1.82) is 0 Å². The van der Waals surface area contributed by atoms with Crippen LogP contribution in [0, 0.1) is 0 Å². The molecule has 7 heteroatoms. The highest BCUT2D eigenvalue weighted by Gasteiger charge is 2.04. The summed E-state index contributed by atoms with van der Waals surface area (Å²) < 4.78 is 0. The second-order valence-electron chi connectivity index (χ2n) is 2.53. The lowest BCUT2D eigenvalue weighted by Gasteiger charge is -2.06. The molecule has 0 saturated carbocycles. The van der Waals surface area contributed by atoms with Crippen LogP contribution in [0.2, 0.25) is 0 Å². The molecule has 1 rings (SSSR count). The van der Waals surface area contributed by atoms with Crippen molar-refractivity contribution in [3.8, 4) is 0 Å². The molecule has 78 valence electrons. The van der Waals surface area contributed by atoms with Gasteiger partial charge in [-0.25, -0.2) is 10.8 Å². The summed E-state index contributed by atoms with van der Waals surface area (Å²) in [6, 6.07) is 0. The third-order valence-electron chi connectivity index (χ3n) is 1.39. The Balaban J connectivity index is 2.50. The van der Waals surface area contributed by atoms with Crippen LogP contribution < -0.4 is 11.3 Å². The number of rotatable bonds is 5. The number of hydrazine groups is 1. The Kier molecular flexibility index (Phi) is 4.60. The average Bonchev–Trinajstić information content (AvgIpc) is 2.26. The average molecular weight is 216 g/mol. The van der Waals surface area contributed by atoms with Gasteiger partial charge >= 0.3 is 0 Å². The largest absolute Gasteiger partial charge is 0.394 e. The fourth-order valence-corrected chi connectivity index (χ4v) is 1.49. The molecule has 0 spiro atoms. The van der Waals surface area contributed by atoms with Crippen molar-refractivity contribution in [1.82, 2.24) is 9.97 Å². The van der Waals surface area contributed by atoms with E-state index in [1.807, 2.05) is 0 Å². The molecule has 0 saturated heterocycles. The van der Waals surface area contributed by atoms with Gasteiger partial charge < -0.3 is 15.6 Å². The van der Waals surface area contributed by atoms with E-state index in [2.05, 4.69) is 15.4 Å². The first kappa shape index (κ1) is 11.2. The molecule has 6 nitrogen and oxygen atoms in total. The van der Waals surface area contributed by atoms with E-state index in [-0.39, 0.29) is 6.61 Å². The van der Waals surface area contributed by atoms with Gasteiger partial charge in [0, 0.05) is 5.75 Å². The van der Waals surface area contributed by atoms with E-state index in [1.54, 1.807) is 6.20 Å². The van der Waals surface area contributed by atoms with Crippen LogP contribution >= 0.6 is 11.8 Å². The summed E-state index contributed by atoms with van der Waals surface area (Å²) in [5.41, 5.74) is 2.37. The van der Waals surface area contributed by atoms with E-state index in [9.17, 15) is 0 Å². The Morgan fingerprint density at radius 1 is 1.57 bits per heavy atom. The van der Waals surface area contributed by atoms with Crippen LogP contribution in [-0.4, -0.2) is 38.6 Å². The summed E-state index contributed by atoms with van der Waals surface area (Å²) in [6.45, 7) is -0.255. The predicted molar refractivity (Wildman–Crippen MR) is 53.7 cm³/mol. The van der Waals surface area contributed by atoms with E-state index < -0.39 is 6.10 Å². The second-order valence-corrected chi connectivity index (χ2v) is 3.57. The van der Waals surface area contributed by atoms with Crippen LogP contribution in [0.1, 0.15) is 0 Å². The zero-order valence-corrected chi connectivity index (χ0v) is 8.24. The number of thioether (sulfide) groups is 1. The van der Waals surface area contributed by atoms with Gasteiger partial charge in [-0.1, -0.05) is 0 Å². The van der Waals surface area contributed by atoms with Crippen molar-refractivity contribution in [3.05, 3.63) is 12.4 Å². The summed E-state index contributed by atoms with van der Waals surface area (Å²) in [7, 11) is 0. The SMILES string of the molecule is NNc1cncc(SCC(O)CO)n1. The molecule has 0 aliphatic rings. The Morgan fingerprint density at radius 3 is 3.00 bits per heavy atom. The van der Waals surface area contributed by atoms with Crippen molar-refractivity contribution in [2.75, 3.05) is 17.8 Å². The molecular weight excluding hydrogens is 204 g/mol. The fraction of sp³-hybridized carbons (Fsp3) is 0.429. The van der Waals surface area contributed by atoms with E-state index in [1.165, 1.54) is 18.0 Å². The van der Waals surface area contributed by atoms with Crippen molar-refractivity contribution >= 4 is 17.6 Å². The van der Waals surface area contributed by atoms with Gasteiger partial charge in [0.05, 0.1) is 25.1 Å². The highest BCUT2D eigenvalue weighted by atomic mass is 32.2. The lowest BCUT2D eigenvalue weighted by molar-refractivity contribution is 0.113. The molecule has 0 amide bonds. The molecule has 0 aliphatic heterocycles. The summed E-state index contributed by atoms with van der Waals surface area (Å²) in [5.74, 6) is 5.99. The minimum Gasteiger partial charge on any atom is -0.394 e. The van der Waals surface area contributed by atoms with Gasteiger partial charge in [-0.3, -0.25) is 4.98 Å². The van der Waals surface area contributed by atoms with Crippen molar-refractivity contribution in [2.45, 2.75) is 11.1 Å². The lowest BCUT2D eigenvalue weighted by atomic mass is 10.4. The molecule has 0 bridgehead atoms. The van der Waals surface area contributed by atoms with Gasteiger partial charge in [-0.2, -0.15) is 0 Å². The minimum absolute atomic E-state index is 0.255. The molecule has 14 heavy (non-hydrogen) atoms. The zero-order chi connectivity index (χ0) is 10.4. The first-order valence-electron chi connectivity index (χ1n) is 3.96. The molecule has 0 radical (unpaired) electrons. The van der Waals surface area contributed by atoms with Crippen molar-refractivity contribution in [3.63, 3.8) is 0 Å². The highest BCUT2D eigenvalue weighted by Crippen LogP contribution is 2.16. The molecule has 1 atom stereocenters. The molecule has 0 aromatic carbocycles. The van der Waals surface area contributed by atoms with E-state index in [0.29, 0.717) is 16.6 Å². The van der Waals surface area contributed by atoms with Gasteiger partial charge in [0.2, 0.25) is 0 Å². The predicted octanol–water partition coefficient (Wildman–Crippen LogP) is -0.793. The van der Waals surface area contributed by atoms with Gasteiger partial charge in [0.15, 0.2) is 5.82 Å². The number of hydrogen-bond donors (Lipinski definition) is 4. The molecular formula is C7H12N4O2S. The number of hydrogen-bond acceptors (Lipinski definition) is 7. The van der Waals surface area contributed by atoms with Gasteiger partial charge in [-0.05, 0) is 0 Å². The minimum atomic E-state index is -0.740. The normalized spacial score (nSPS) is 12.5. The van der Waals surface area contributed by atoms with Crippen molar-refractivity contribution in [2.24, 2.45) is 5.84 Å². The van der Waals surface area contributed by atoms with E-state index in [4.69, 9.17) is 16.1 Å².